The highest BCUT2D eigenvalue weighted by atomic mass is 32.1. The maximum absolute atomic E-state index is 13.4. The summed E-state index contributed by atoms with van der Waals surface area (Å²) in [5.41, 5.74) is 1.41. The number of amides is 1. The number of rotatable bonds is 4. The predicted octanol–water partition coefficient (Wildman–Crippen LogP) is 4.12. The monoisotopic (exact) mass is 432 g/mol. The summed E-state index contributed by atoms with van der Waals surface area (Å²) in [7, 11) is 0. The van der Waals surface area contributed by atoms with E-state index in [1.807, 2.05) is 13.8 Å². The number of aromatic nitrogens is 3. The van der Waals surface area contributed by atoms with Gasteiger partial charge in [-0.3, -0.25) is 14.2 Å². The first-order chi connectivity index (χ1) is 13.8. The van der Waals surface area contributed by atoms with Crippen LogP contribution in [0.5, 0.6) is 0 Å². The zero-order valence-electron chi connectivity index (χ0n) is 15.3. The highest BCUT2D eigenvalue weighted by Crippen LogP contribution is 2.27. The third-order valence-electron chi connectivity index (χ3n) is 4.44. The number of thiazole rings is 1. The Kier molecular flexibility index (Phi) is 4.97. The fourth-order valence-corrected chi connectivity index (χ4v) is 4.54. The normalized spacial score (nSPS) is 11.2. The minimum absolute atomic E-state index is 0.212. The molecule has 0 bridgehead atoms. The van der Waals surface area contributed by atoms with E-state index < -0.39 is 17.5 Å². The van der Waals surface area contributed by atoms with E-state index in [-0.39, 0.29) is 12.1 Å². The molecule has 1 amide bonds. The zero-order valence-corrected chi connectivity index (χ0v) is 17.0. The van der Waals surface area contributed by atoms with Crippen LogP contribution >= 0.6 is 22.7 Å². The van der Waals surface area contributed by atoms with Crippen molar-refractivity contribution in [3.8, 4) is 11.3 Å². The topological polar surface area (TPSA) is 76.9 Å². The number of carbonyl (C=O) groups is 1. The van der Waals surface area contributed by atoms with E-state index in [0.29, 0.717) is 26.6 Å². The molecule has 4 rings (SSSR count). The SMILES string of the molecule is Cc1sc2ncn(CC(=O)Nc3nc(-c4ccc(F)c(F)c4)cs3)c(=O)c2c1C. The fraction of sp³-hybridized carbons (Fsp3) is 0.158. The van der Waals surface area contributed by atoms with Crippen LogP contribution in [0.1, 0.15) is 10.4 Å². The summed E-state index contributed by atoms with van der Waals surface area (Å²) in [5.74, 6) is -2.35. The van der Waals surface area contributed by atoms with Crippen LogP contribution in [-0.2, 0) is 11.3 Å². The summed E-state index contributed by atoms with van der Waals surface area (Å²) < 4.78 is 27.7. The van der Waals surface area contributed by atoms with E-state index in [1.165, 1.54) is 28.3 Å². The Bertz CT molecular complexity index is 1310. The molecule has 10 heteroatoms. The fourth-order valence-electron chi connectivity index (χ4n) is 2.82. The van der Waals surface area contributed by atoms with Gasteiger partial charge < -0.3 is 5.32 Å². The van der Waals surface area contributed by atoms with Gasteiger partial charge >= 0.3 is 0 Å². The Balaban J connectivity index is 1.52. The quantitative estimate of drug-likeness (QED) is 0.526. The number of fused-ring (bicyclic) bond motifs is 1. The first-order valence-electron chi connectivity index (χ1n) is 8.49. The molecule has 29 heavy (non-hydrogen) atoms. The van der Waals surface area contributed by atoms with Gasteiger partial charge in [0.1, 0.15) is 11.4 Å². The minimum atomic E-state index is -0.970. The lowest BCUT2D eigenvalue weighted by Gasteiger charge is -2.05. The molecular formula is C19H14F2N4O2S2. The van der Waals surface area contributed by atoms with E-state index in [9.17, 15) is 18.4 Å². The summed E-state index contributed by atoms with van der Waals surface area (Å²) in [6, 6.07) is 3.47. The molecule has 0 saturated carbocycles. The van der Waals surface area contributed by atoms with Crippen molar-refractivity contribution in [2.45, 2.75) is 20.4 Å². The Morgan fingerprint density at radius 1 is 1.24 bits per heavy atom. The second kappa shape index (κ2) is 7.45. The van der Waals surface area contributed by atoms with Gasteiger partial charge in [0.05, 0.1) is 17.4 Å². The van der Waals surface area contributed by atoms with E-state index in [1.54, 1.807) is 5.38 Å². The van der Waals surface area contributed by atoms with Gasteiger partial charge in [-0.15, -0.1) is 22.7 Å². The lowest BCUT2D eigenvalue weighted by Crippen LogP contribution is -2.27. The van der Waals surface area contributed by atoms with Crippen molar-refractivity contribution in [3.05, 3.63) is 62.3 Å². The van der Waals surface area contributed by atoms with Crippen LogP contribution in [0.25, 0.3) is 21.5 Å². The van der Waals surface area contributed by atoms with Gasteiger partial charge in [-0.05, 0) is 37.6 Å². The van der Waals surface area contributed by atoms with Crippen LogP contribution in [0.15, 0.2) is 34.7 Å². The molecule has 0 saturated heterocycles. The molecule has 0 atom stereocenters. The molecule has 1 N–H and O–H groups in total. The lowest BCUT2D eigenvalue weighted by atomic mass is 10.2. The number of thiophene rings is 1. The van der Waals surface area contributed by atoms with Gasteiger partial charge in [-0.25, -0.2) is 18.7 Å². The van der Waals surface area contributed by atoms with Crippen LogP contribution in [-0.4, -0.2) is 20.4 Å². The summed E-state index contributed by atoms with van der Waals surface area (Å²) in [5, 5.41) is 5.06. The summed E-state index contributed by atoms with van der Waals surface area (Å²) in [4.78, 5) is 35.2. The van der Waals surface area contributed by atoms with Gasteiger partial charge in [-0.2, -0.15) is 0 Å². The predicted molar refractivity (Wildman–Crippen MR) is 109 cm³/mol. The molecule has 0 aliphatic rings. The molecule has 3 heterocycles. The Hall–Kier alpha value is -2.98. The number of benzene rings is 1. The summed E-state index contributed by atoms with van der Waals surface area (Å²) >= 11 is 2.59. The van der Waals surface area contributed by atoms with Crippen LogP contribution < -0.4 is 10.9 Å². The molecule has 0 fully saturated rings. The van der Waals surface area contributed by atoms with Gasteiger partial charge in [-0.1, -0.05) is 0 Å². The number of hydrogen-bond donors (Lipinski definition) is 1. The summed E-state index contributed by atoms with van der Waals surface area (Å²) in [6.07, 6.45) is 1.36. The average molecular weight is 432 g/mol. The van der Waals surface area contributed by atoms with Crippen molar-refractivity contribution in [2.24, 2.45) is 0 Å². The molecule has 6 nitrogen and oxygen atoms in total. The molecule has 148 valence electrons. The highest BCUT2D eigenvalue weighted by molar-refractivity contribution is 7.18. The van der Waals surface area contributed by atoms with Crippen molar-refractivity contribution in [1.29, 1.82) is 0 Å². The standard InChI is InChI=1S/C19H14F2N4O2S2/c1-9-10(2)29-17-16(9)18(27)25(8-22-17)6-15(26)24-19-23-14(7-28-19)11-3-4-12(20)13(21)5-11/h3-5,7-8H,6H2,1-2H3,(H,23,24,26). The largest absolute Gasteiger partial charge is 0.300 e. The molecule has 0 aliphatic carbocycles. The molecule has 1 aromatic carbocycles. The smallest absolute Gasteiger partial charge is 0.262 e. The number of aryl methyl sites for hydroxylation is 2. The third-order valence-corrected chi connectivity index (χ3v) is 6.31. The van der Waals surface area contributed by atoms with Crippen molar-refractivity contribution in [2.75, 3.05) is 5.32 Å². The molecule has 0 unspecified atom stereocenters. The van der Waals surface area contributed by atoms with Gasteiger partial charge in [0.25, 0.3) is 5.56 Å². The van der Waals surface area contributed by atoms with Crippen LogP contribution in [0.3, 0.4) is 0 Å². The first-order valence-corrected chi connectivity index (χ1v) is 10.2. The van der Waals surface area contributed by atoms with Crippen LogP contribution in [0.2, 0.25) is 0 Å². The molecule has 0 radical (unpaired) electrons. The number of anilines is 1. The average Bonchev–Trinajstić information content (AvgIpc) is 3.25. The van der Waals surface area contributed by atoms with Crippen LogP contribution in [0, 0.1) is 25.5 Å². The number of carbonyl (C=O) groups excluding carboxylic acids is 1. The number of nitrogens with zero attached hydrogens (tertiary/aromatic N) is 3. The van der Waals surface area contributed by atoms with Crippen molar-refractivity contribution >= 4 is 43.9 Å². The van der Waals surface area contributed by atoms with Gasteiger partial charge in [0.2, 0.25) is 5.91 Å². The van der Waals surface area contributed by atoms with E-state index in [2.05, 4.69) is 15.3 Å². The zero-order chi connectivity index (χ0) is 20.7. The van der Waals surface area contributed by atoms with Crippen molar-refractivity contribution in [1.82, 2.24) is 14.5 Å². The first kappa shape index (κ1) is 19.3. The Labute approximate surface area is 171 Å². The molecular weight excluding hydrogens is 418 g/mol. The highest BCUT2D eigenvalue weighted by Gasteiger charge is 2.15. The maximum Gasteiger partial charge on any atom is 0.262 e. The molecule has 0 aliphatic heterocycles. The second-order valence-corrected chi connectivity index (χ2v) is 8.42. The molecule has 0 spiro atoms. The Morgan fingerprint density at radius 2 is 2.03 bits per heavy atom. The van der Waals surface area contributed by atoms with E-state index >= 15 is 0 Å². The Morgan fingerprint density at radius 3 is 2.79 bits per heavy atom. The van der Waals surface area contributed by atoms with Gasteiger partial charge in [0, 0.05) is 15.8 Å². The summed E-state index contributed by atoms with van der Waals surface area (Å²) in [6.45, 7) is 3.57. The molecule has 4 aromatic rings. The number of nitrogens with one attached hydrogen (secondary N) is 1. The van der Waals surface area contributed by atoms with Crippen LogP contribution in [0.4, 0.5) is 13.9 Å². The number of hydrogen-bond acceptors (Lipinski definition) is 6. The van der Waals surface area contributed by atoms with Crippen molar-refractivity contribution in [3.63, 3.8) is 0 Å². The molecule has 3 aromatic heterocycles. The van der Waals surface area contributed by atoms with Gasteiger partial charge in [0.15, 0.2) is 16.8 Å². The van der Waals surface area contributed by atoms with E-state index in [0.717, 1.165) is 33.9 Å². The maximum atomic E-state index is 13.4. The number of halogens is 2. The third kappa shape index (κ3) is 3.68. The lowest BCUT2D eigenvalue weighted by molar-refractivity contribution is -0.116. The minimum Gasteiger partial charge on any atom is -0.300 e. The van der Waals surface area contributed by atoms with Crippen molar-refractivity contribution < 1.29 is 13.6 Å². The van der Waals surface area contributed by atoms with E-state index in [4.69, 9.17) is 0 Å². The second-order valence-electron chi connectivity index (χ2n) is 6.36.